The zero-order valence-electron chi connectivity index (χ0n) is 12.8. The Labute approximate surface area is 104 Å². The smallest absolute Gasteiger partial charge is 0.404 e. The molecule has 0 saturated carbocycles. The van der Waals surface area contributed by atoms with Gasteiger partial charge < -0.3 is 20.9 Å². The van der Waals surface area contributed by atoms with Crippen LogP contribution in [0.1, 0.15) is 17.0 Å². The molecule has 92 valence electrons. The predicted molar refractivity (Wildman–Crippen MR) is 60.3 cm³/mol. The monoisotopic (exact) mass is 242 g/mol. The van der Waals surface area contributed by atoms with Gasteiger partial charge in [-0.3, -0.25) is 0 Å². The van der Waals surface area contributed by atoms with Gasteiger partial charge in [-0.15, -0.1) is 0 Å². The summed E-state index contributed by atoms with van der Waals surface area (Å²) in [6.45, 7) is -5.74. The summed E-state index contributed by atoms with van der Waals surface area (Å²) >= 11 is 0. The largest absolute Gasteiger partial charge is 0.449 e. The molecular formula is C11H14N2O4. The van der Waals surface area contributed by atoms with E-state index in [1.807, 2.05) is 0 Å². The van der Waals surface area contributed by atoms with Gasteiger partial charge in [-0.2, -0.15) is 0 Å². The lowest BCUT2D eigenvalue weighted by Crippen LogP contribution is -2.23. The Balaban J connectivity index is 3.30. The number of amides is 2. The number of benzene rings is 1. The number of ether oxygens (including phenoxy) is 2. The van der Waals surface area contributed by atoms with Crippen molar-refractivity contribution < 1.29 is 24.5 Å². The average Bonchev–Trinajstić information content (AvgIpc) is 2.25. The fourth-order valence-corrected chi connectivity index (χ4v) is 1.04. The highest BCUT2D eigenvalue weighted by molar-refractivity contribution is 5.65. The maximum absolute atomic E-state index is 10.8. The summed E-state index contributed by atoms with van der Waals surface area (Å²) in [6, 6.07) is 7.42. The maximum atomic E-state index is 10.8. The minimum absolute atomic E-state index is 0.0926. The van der Waals surface area contributed by atoms with Crippen molar-refractivity contribution in [2.24, 2.45) is 11.5 Å². The Morgan fingerprint density at radius 2 is 1.59 bits per heavy atom. The van der Waals surface area contributed by atoms with Crippen LogP contribution in [0.15, 0.2) is 30.3 Å². The highest BCUT2D eigenvalue weighted by atomic mass is 16.6. The summed E-state index contributed by atoms with van der Waals surface area (Å²) in [5.74, 6) is -1.79. The lowest BCUT2D eigenvalue weighted by Gasteiger charge is -2.16. The number of carbonyl (C=O) groups is 2. The van der Waals surface area contributed by atoms with E-state index in [1.54, 1.807) is 6.07 Å². The molecule has 1 aromatic carbocycles. The molecule has 0 bridgehead atoms. The van der Waals surface area contributed by atoms with Crippen molar-refractivity contribution in [2.45, 2.75) is 5.92 Å². The van der Waals surface area contributed by atoms with Crippen molar-refractivity contribution in [3.8, 4) is 0 Å². The molecule has 0 aliphatic carbocycles. The van der Waals surface area contributed by atoms with Gasteiger partial charge in [0.15, 0.2) is 0 Å². The number of hydrogen-bond donors (Lipinski definition) is 2. The van der Waals surface area contributed by atoms with E-state index < -0.39 is 31.2 Å². The Morgan fingerprint density at radius 1 is 1.12 bits per heavy atom. The normalized spacial score (nSPS) is 15.1. The van der Waals surface area contributed by atoms with Crippen LogP contribution in [0.2, 0.25) is 0 Å². The molecule has 17 heavy (non-hydrogen) atoms. The molecular weight excluding hydrogens is 224 g/mol. The van der Waals surface area contributed by atoms with E-state index in [2.05, 4.69) is 9.47 Å². The minimum atomic E-state index is -2.87. The second-order valence-corrected chi connectivity index (χ2v) is 2.92. The number of rotatable bonds is 5. The van der Waals surface area contributed by atoms with E-state index in [0.29, 0.717) is 0 Å². The summed E-state index contributed by atoms with van der Waals surface area (Å²) in [5, 5.41) is 0. The Hall–Kier alpha value is -2.24. The van der Waals surface area contributed by atoms with Gasteiger partial charge in [0.25, 0.3) is 0 Å². The number of hydrogen-bond acceptors (Lipinski definition) is 4. The van der Waals surface area contributed by atoms with Crippen LogP contribution in [-0.2, 0) is 9.47 Å². The molecule has 1 aromatic rings. The zero-order chi connectivity index (χ0) is 16.3. The highest BCUT2D eigenvalue weighted by Gasteiger charge is 2.15. The first-order valence-corrected chi connectivity index (χ1v) is 4.58. The molecule has 0 saturated heterocycles. The van der Waals surface area contributed by atoms with Crippen LogP contribution in [0.5, 0.6) is 0 Å². The van der Waals surface area contributed by atoms with E-state index in [1.165, 1.54) is 24.3 Å². The van der Waals surface area contributed by atoms with Gasteiger partial charge in [0, 0.05) is 0 Å². The van der Waals surface area contributed by atoms with Crippen LogP contribution >= 0.6 is 0 Å². The molecule has 4 N–H and O–H groups in total. The van der Waals surface area contributed by atoms with Gasteiger partial charge in [-0.25, -0.2) is 9.59 Å². The van der Waals surface area contributed by atoms with Crippen molar-refractivity contribution in [3.05, 3.63) is 35.9 Å². The third-order valence-electron chi connectivity index (χ3n) is 1.69. The lowest BCUT2D eigenvalue weighted by atomic mass is 10.0. The summed E-state index contributed by atoms with van der Waals surface area (Å²) in [5.41, 5.74) is 9.66. The summed E-state index contributed by atoms with van der Waals surface area (Å²) in [6.07, 6.45) is -2.87. The first-order chi connectivity index (χ1) is 9.56. The fraction of sp³-hybridized carbons (Fsp3) is 0.273. The number of primary amides is 2. The van der Waals surface area contributed by atoms with E-state index in [4.69, 9.17) is 17.0 Å². The van der Waals surface area contributed by atoms with Crippen LogP contribution in [0.3, 0.4) is 0 Å². The van der Waals surface area contributed by atoms with Gasteiger partial charge in [0.05, 0.1) is 11.4 Å². The minimum Gasteiger partial charge on any atom is -0.449 e. The molecule has 1 rings (SSSR count). The molecule has 0 aliphatic heterocycles. The first kappa shape index (κ1) is 7.94. The number of carbonyl (C=O) groups excluding carboxylic acids is 2. The predicted octanol–water partition coefficient (Wildman–Crippen LogP) is 0.961. The SMILES string of the molecule is [2H]C([2H])(OC(N)=O)C(c1ccccc1)C([2H])([2H])OC(N)=O. The Bertz CT molecular complexity index is 496. The Kier molecular flexibility index (Phi) is 2.97. The second-order valence-electron chi connectivity index (χ2n) is 2.92. The molecule has 2 amide bonds. The Morgan fingerprint density at radius 3 is 2.00 bits per heavy atom. The third-order valence-corrected chi connectivity index (χ3v) is 1.69. The van der Waals surface area contributed by atoms with Gasteiger partial charge in [-0.1, -0.05) is 30.3 Å². The quantitative estimate of drug-likeness (QED) is 0.802. The standard InChI is InChI=1S/C11H14N2O4/c12-10(14)16-6-9(7-17-11(13)15)8-4-2-1-3-5-8/h1-5,9H,6-7H2,(H2,12,14)(H2,13,15)/i6D2,7D2. The highest BCUT2D eigenvalue weighted by Crippen LogP contribution is 2.16. The molecule has 6 nitrogen and oxygen atoms in total. The molecule has 0 atom stereocenters. The molecule has 0 heterocycles. The second kappa shape index (κ2) is 6.37. The van der Waals surface area contributed by atoms with Crippen LogP contribution < -0.4 is 11.5 Å². The topological polar surface area (TPSA) is 105 Å². The fourth-order valence-electron chi connectivity index (χ4n) is 1.04. The maximum Gasteiger partial charge on any atom is 0.404 e. The van der Waals surface area contributed by atoms with Crippen molar-refractivity contribution in [3.63, 3.8) is 0 Å². The van der Waals surface area contributed by atoms with E-state index in [-0.39, 0.29) is 5.56 Å². The van der Waals surface area contributed by atoms with Gasteiger partial charge >= 0.3 is 12.2 Å². The van der Waals surface area contributed by atoms with E-state index >= 15 is 0 Å². The van der Waals surface area contributed by atoms with Crippen molar-refractivity contribution >= 4 is 12.2 Å². The van der Waals surface area contributed by atoms with Crippen LogP contribution in [-0.4, -0.2) is 25.3 Å². The molecule has 6 heteroatoms. The van der Waals surface area contributed by atoms with E-state index in [9.17, 15) is 9.59 Å². The van der Waals surface area contributed by atoms with Crippen molar-refractivity contribution in [1.29, 1.82) is 0 Å². The lowest BCUT2D eigenvalue weighted by molar-refractivity contribution is 0.116. The third kappa shape index (κ3) is 4.87. The summed E-state index contributed by atoms with van der Waals surface area (Å²) < 4.78 is 39.5. The van der Waals surface area contributed by atoms with Crippen LogP contribution in [0.4, 0.5) is 9.59 Å². The van der Waals surface area contributed by atoms with E-state index in [0.717, 1.165) is 0 Å². The zero-order valence-corrected chi connectivity index (χ0v) is 8.75. The molecule has 0 spiro atoms. The van der Waals surface area contributed by atoms with Gasteiger partial charge in [-0.05, 0) is 5.56 Å². The summed E-state index contributed by atoms with van der Waals surface area (Å²) in [7, 11) is 0. The molecule has 0 radical (unpaired) electrons. The molecule has 0 unspecified atom stereocenters. The van der Waals surface area contributed by atoms with Crippen molar-refractivity contribution in [2.75, 3.05) is 13.1 Å². The molecule has 0 aliphatic rings. The average molecular weight is 242 g/mol. The number of nitrogens with two attached hydrogens (primary N) is 2. The first-order valence-electron chi connectivity index (χ1n) is 6.58. The van der Waals surface area contributed by atoms with Crippen molar-refractivity contribution in [1.82, 2.24) is 0 Å². The van der Waals surface area contributed by atoms with Gasteiger partial charge in [0.1, 0.15) is 13.1 Å². The van der Waals surface area contributed by atoms with Crippen LogP contribution in [0.25, 0.3) is 0 Å². The van der Waals surface area contributed by atoms with Crippen LogP contribution in [0, 0.1) is 0 Å². The van der Waals surface area contributed by atoms with Gasteiger partial charge in [0.2, 0.25) is 0 Å². The summed E-state index contributed by atoms with van der Waals surface area (Å²) in [4.78, 5) is 21.6. The molecule has 0 fully saturated rings. The molecule has 0 aromatic heterocycles.